The second-order valence-electron chi connectivity index (χ2n) is 4.88. The lowest BCUT2D eigenvalue weighted by Crippen LogP contribution is -2.05. The molecule has 1 aromatic heterocycles. The Morgan fingerprint density at radius 2 is 1.78 bits per heavy atom. The Bertz CT molecular complexity index is 942. The molecule has 0 aliphatic rings. The fourth-order valence-electron chi connectivity index (χ4n) is 2.37. The summed E-state index contributed by atoms with van der Waals surface area (Å²) in [6.07, 6.45) is 1.30. The Labute approximate surface area is 131 Å². The Balaban J connectivity index is 2.26. The van der Waals surface area contributed by atoms with Gasteiger partial charge in [-0.1, -0.05) is 6.07 Å². The average molecular weight is 314 g/mol. The SMILES string of the molecule is COc1cc(O)c2c(=O)c(-c3ccc(O)c(OC)c3)coc2c1. The maximum Gasteiger partial charge on any atom is 0.204 e. The van der Waals surface area contributed by atoms with Crippen LogP contribution in [0.4, 0.5) is 0 Å². The van der Waals surface area contributed by atoms with Crippen LogP contribution in [0.1, 0.15) is 0 Å². The average Bonchev–Trinajstić information content (AvgIpc) is 2.55. The fraction of sp³-hybridized carbons (Fsp3) is 0.118. The van der Waals surface area contributed by atoms with Gasteiger partial charge in [-0.2, -0.15) is 0 Å². The minimum absolute atomic E-state index is 0.0333. The van der Waals surface area contributed by atoms with Crippen LogP contribution in [0.3, 0.4) is 0 Å². The van der Waals surface area contributed by atoms with E-state index in [-0.39, 0.29) is 39.2 Å². The molecule has 1 heterocycles. The maximum absolute atomic E-state index is 12.7. The minimum Gasteiger partial charge on any atom is -0.507 e. The molecule has 0 radical (unpaired) electrons. The lowest BCUT2D eigenvalue weighted by Gasteiger charge is -2.08. The first-order valence-corrected chi connectivity index (χ1v) is 6.75. The molecule has 0 unspecified atom stereocenters. The smallest absolute Gasteiger partial charge is 0.204 e. The van der Waals surface area contributed by atoms with Gasteiger partial charge in [0.2, 0.25) is 5.43 Å². The van der Waals surface area contributed by atoms with Crippen LogP contribution in [0.15, 0.2) is 45.8 Å². The van der Waals surface area contributed by atoms with Crippen molar-refractivity contribution in [1.82, 2.24) is 0 Å². The van der Waals surface area contributed by atoms with E-state index >= 15 is 0 Å². The van der Waals surface area contributed by atoms with Crippen molar-refractivity contribution in [3.05, 3.63) is 46.8 Å². The summed E-state index contributed by atoms with van der Waals surface area (Å²) in [6.45, 7) is 0. The molecule has 0 bridgehead atoms. The molecule has 0 saturated carbocycles. The zero-order valence-corrected chi connectivity index (χ0v) is 12.5. The number of phenolic OH excluding ortho intramolecular Hbond substituents is 2. The van der Waals surface area contributed by atoms with Gasteiger partial charge in [0.25, 0.3) is 0 Å². The Hall–Kier alpha value is -3.15. The molecule has 118 valence electrons. The van der Waals surface area contributed by atoms with E-state index in [1.54, 1.807) is 6.07 Å². The number of hydrogen-bond acceptors (Lipinski definition) is 6. The number of ether oxygens (including phenoxy) is 2. The van der Waals surface area contributed by atoms with Gasteiger partial charge in [-0.3, -0.25) is 4.79 Å². The Morgan fingerprint density at radius 3 is 2.48 bits per heavy atom. The van der Waals surface area contributed by atoms with Gasteiger partial charge in [0.15, 0.2) is 11.5 Å². The molecule has 2 aromatic carbocycles. The minimum atomic E-state index is -0.390. The third-order valence-electron chi connectivity index (χ3n) is 3.56. The second-order valence-corrected chi connectivity index (χ2v) is 4.88. The first-order valence-electron chi connectivity index (χ1n) is 6.75. The summed E-state index contributed by atoms with van der Waals surface area (Å²) in [5.41, 5.74) is 0.585. The third kappa shape index (κ3) is 2.44. The molecule has 3 rings (SSSR count). The van der Waals surface area contributed by atoms with Gasteiger partial charge in [0.1, 0.15) is 28.7 Å². The molecule has 6 heteroatoms. The Morgan fingerprint density at radius 1 is 1.00 bits per heavy atom. The summed E-state index contributed by atoms with van der Waals surface area (Å²) < 4.78 is 15.5. The van der Waals surface area contributed by atoms with Crippen molar-refractivity contribution in [3.63, 3.8) is 0 Å². The largest absolute Gasteiger partial charge is 0.507 e. The van der Waals surface area contributed by atoms with E-state index in [4.69, 9.17) is 13.9 Å². The highest BCUT2D eigenvalue weighted by Crippen LogP contribution is 2.33. The standard InChI is InChI=1S/C17H14O6/c1-21-10-6-13(19)16-15(7-10)23-8-11(17(16)20)9-3-4-12(18)14(5-9)22-2/h3-8,18-19H,1-2H3. The first kappa shape index (κ1) is 14.8. The van der Waals surface area contributed by atoms with Gasteiger partial charge in [-0.05, 0) is 17.7 Å². The molecule has 6 nitrogen and oxygen atoms in total. The number of phenols is 2. The van der Waals surface area contributed by atoms with Crippen LogP contribution >= 0.6 is 0 Å². The fourth-order valence-corrected chi connectivity index (χ4v) is 2.37. The predicted octanol–water partition coefficient (Wildman–Crippen LogP) is 2.89. The van der Waals surface area contributed by atoms with E-state index in [1.807, 2.05) is 0 Å². The van der Waals surface area contributed by atoms with Crippen molar-refractivity contribution in [2.45, 2.75) is 0 Å². The van der Waals surface area contributed by atoms with Crippen molar-refractivity contribution >= 4 is 11.0 Å². The highest BCUT2D eigenvalue weighted by Gasteiger charge is 2.15. The molecular weight excluding hydrogens is 300 g/mol. The van der Waals surface area contributed by atoms with Gasteiger partial charge in [0.05, 0.1) is 19.8 Å². The van der Waals surface area contributed by atoms with Crippen LogP contribution in [0.2, 0.25) is 0 Å². The molecule has 23 heavy (non-hydrogen) atoms. The van der Waals surface area contributed by atoms with Gasteiger partial charge in [-0.25, -0.2) is 0 Å². The molecule has 3 aromatic rings. The summed E-state index contributed by atoms with van der Waals surface area (Å²) in [7, 11) is 2.87. The number of methoxy groups -OCH3 is 2. The zero-order valence-electron chi connectivity index (χ0n) is 12.5. The van der Waals surface area contributed by atoms with Gasteiger partial charge >= 0.3 is 0 Å². The first-order chi connectivity index (χ1) is 11.0. The van der Waals surface area contributed by atoms with Gasteiger partial charge < -0.3 is 24.1 Å². The zero-order chi connectivity index (χ0) is 16.6. The van der Waals surface area contributed by atoms with Crippen molar-refractivity contribution < 1.29 is 24.1 Å². The van der Waals surface area contributed by atoms with Crippen LogP contribution in [0, 0.1) is 0 Å². The van der Waals surface area contributed by atoms with E-state index in [0.29, 0.717) is 11.3 Å². The van der Waals surface area contributed by atoms with Crippen molar-refractivity contribution in [2.75, 3.05) is 14.2 Å². The van der Waals surface area contributed by atoms with Crippen molar-refractivity contribution in [1.29, 1.82) is 0 Å². The van der Waals surface area contributed by atoms with Gasteiger partial charge in [0, 0.05) is 12.1 Å². The summed E-state index contributed by atoms with van der Waals surface area (Å²) in [5, 5.41) is 19.8. The molecular formula is C17H14O6. The van der Waals surface area contributed by atoms with Crippen LogP contribution in [-0.4, -0.2) is 24.4 Å². The molecule has 0 fully saturated rings. The van der Waals surface area contributed by atoms with Crippen LogP contribution in [0.25, 0.3) is 22.1 Å². The quantitative estimate of drug-likeness (QED) is 0.772. The normalized spacial score (nSPS) is 10.7. The highest BCUT2D eigenvalue weighted by molar-refractivity contribution is 5.88. The van der Waals surface area contributed by atoms with E-state index in [2.05, 4.69) is 0 Å². The topological polar surface area (TPSA) is 89.1 Å². The van der Waals surface area contributed by atoms with Crippen molar-refractivity contribution in [3.8, 4) is 34.1 Å². The summed E-state index contributed by atoms with van der Waals surface area (Å²) in [4.78, 5) is 12.7. The van der Waals surface area contributed by atoms with E-state index in [0.717, 1.165) is 0 Å². The van der Waals surface area contributed by atoms with Gasteiger partial charge in [-0.15, -0.1) is 0 Å². The molecule has 0 saturated heterocycles. The summed E-state index contributed by atoms with van der Waals surface area (Å²) in [5.74, 6) is 0.368. The number of benzene rings is 2. The number of hydrogen-bond donors (Lipinski definition) is 2. The van der Waals surface area contributed by atoms with E-state index in [9.17, 15) is 15.0 Å². The molecule has 2 N–H and O–H groups in total. The Kier molecular flexibility index (Phi) is 3.57. The third-order valence-corrected chi connectivity index (χ3v) is 3.56. The van der Waals surface area contributed by atoms with E-state index < -0.39 is 0 Å². The monoisotopic (exact) mass is 314 g/mol. The lowest BCUT2D eigenvalue weighted by molar-refractivity contribution is 0.373. The van der Waals surface area contributed by atoms with E-state index in [1.165, 1.54) is 44.7 Å². The lowest BCUT2D eigenvalue weighted by atomic mass is 10.0. The molecule has 0 atom stereocenters. The maximum atomic E-state index is 12.7. The second kappa shape index (κ2) is 5.57. The highest BCUT2D eigenvalue weighted by atomic mass is 16.5. The summed E-state index contributed by atoms with van der Waals surface area (Å²) in [6, 6.07) is 7.38. The van der Waals surface area contributed by atoms with Crippen LogP contribution in [0.5, 0.6) is 23.0 Å². The molecule has 0 aliphatic heterocycles. The predicted molar refractivity (Wildman–Crippen MR) is 84.4 cm³/mol. The number of aromatic hydroxyl groups is 2. The molecule has 0 aliphatic carbocycles. The number of rotatable bonds is 3. The van der Waals surface area contributed by atoms with Crippen LogP contribution < -0.4 is 14.9 Å². The van der Waals surface area contributed by atoms with Crippen LogP contribution in [-0.2, 0) is 0 Å². The molecule has 0 amide bonds. The number of fused-ring (bicyclic) bond motifs is 1. The molecule has 0 spiro atoms. The summed E-state index contributed by atoms with van der Waals surface area (Å²) >= 11 is 0. The van der Waals surface area contributed by atoms with Crippen molar-refractivity contribution in [2.24, 2.45) is 0 Å².